The molecule has 0 aliphatic heterocycles. The van der Waals surface area contributed by atoms with Gasteiger partial charge in [0.05, 0.1) is 17.8 Å². The molecule has 0 unspecified atom stereocenters. The van der Waals surface area contributed by atoms with E-state index in [2.05, 4.69) is 25.1 Å². The fourth-order valence-electron chi connectivity index (χ4n) is 4.54. The molecule has 0 spiro atoms. The lowest BCUT2D eigenvalue weighted by Crippen LogP contribution is -2.50. The zero-order valence-corrected chi connectivity index (χ0v) is 24.4. The van der Waals surface area contributed by atoms with Crippen molar-refractivity contribution >= 4 is 28.5 Å². The predicted molar refractivity (Wildman–Crippen MR) is 152 cm³/mol. The average Bonchev–Trinajstić information content (AvgIpc) is 3.31. The first kappa shape index (κ1) is 33.1. The van der Waals surface area contributed by atoms with Crippen molar-refractivity contribution in [3.05, 3.63) is 106 Å². The van der Waals surface area contributed by atoms with E-state index in [1.807, 2.05) is 0 Å². The molecule has 0 fully saturated rings. The summed E-state index contributed by atoms with van der Waals surface area (Å²) in [5.74, 6) is -1.91. The number of alkyl halides is 6. The van der Waals surface area contributed by atoms with Crippen LogP contribution in [-0.4, -0.2) is 36.3 Å². The number of hydrogen-bond acceptors (Lipinski definition) is 7. The Morgan fingerprint density at radius 3 is 1.89 bits per heavy atom. The van der Waals surface area contributed by atoms with E-state index in [9.17, 15) is 35.9 Å². The minimum absolute atomic E-state index is 0.00928. The average molecular weight is 654 g/mol. The minimum atomic E-state index is -5.05. The molecule has 2 N–H and O–H groups in total. The molecule has 1 heterocycles. The molecule has 3 aromatic carbocycles. The SMILES string of the molecule is CCOC(=O)c1sc(NC(=O)NC(Cc2ccccc2)(c2cccc(OC(F)(F)F)c2)c2cccc(OC(F)(F)F)c2)nc1C. The van der Waals surface area contributed by atoms with Gasteiger partial charge in [-0.2, -0.15) is 0 Å². The minimum Gasteiger partial charge on any atom is -0.462 e. The van der Waals surface area contributed by atoms with Gasteiger partial charge in [-0.05, 0) is 54.8 Å². The monoisotopic (exact) mass is 653 g/mol. The maximum absolute atomic E-state index is 13.6. The summed E-state index contributed by atoms with van der Waals surface area (Å²) in [6.07, 6.45) is -10.2. The van der Waals surface area contributed by atoms with E-state index >= 15 is 0 Å². The number of aryl methyl sites for hydroxylation is 1. The number of amides is 2. The van der Waals surface area contributed by atoms with Crippen LogP contribution in [0.2, 0.25) is 0 Å². The standard InChI is InChI=1S/C30H25F6N3O5S/c1-3-42-25(40)24-18(2)37-27(45-24)38-26(41)39-28(17-19-9-5-4-6-10-19,20-11-7-13-22(15-20)43-29(31,32)33)21-12-8-14-23(16-21)44-30(34,35)36/h4-16H,3,17H2,1-2H3,(H2,37,38,39,41). The van der Waals surface area contributed by atoms with Crippen LogP contribution in [0.15, 0.2) is 78.9 Å². The van der Waals surface area contributed by atoms with Gasteiger partial charge in [-0.1, -0.05) is 65.9 Å². The van der Waals surface area contributed by atoms with Crippen molar-refractivity contribution in [1.29, 1.82) is 0 Å². The predicted octanol–water partition coefficient (Wildman–Crippen LogP) is 7.73. The molecule has 8 nitrogen and oxygen atoms in total. The van der Waals surface area contributed by atoms with Crippen molar-refractivity contribution in [3.63, 3.8) is 0 Å². The van der Waals surface area contributed by atoms with Gasteiger partial charge in [-0.15, -0.1) is 26.3 Å². The second-order valence-corrected chi connectivity index (χ2v) is 10.5. The number of carbonyl (C=O) groups is 2. The molecule has 0 aliphatic rings. The fraction of sp³-hybridized carbons (Fsp3) is 0.233. The summed E-state index contributed by atoms with van der Waals surface area (Å²) >= 11 is 0.827. The molecule has 2 amide bonds. The van der Waals surface area contributed by atoms with Gasteiger partial charge in [-0.3, -0.25) is 5.32 Å². The number of thiazole rings is 1. The molecular weight excluding hydrogens is 628 g/mol. The van der Waals surface area contributed by atoms with E-state index in [0.29, 0.717) is 5.56 Å². The molecule has 0 saturated heterocycles. The summed E-state index contributed by atoms with van der Waals surface area (Å²) in [5, 5.41) is 5.25. The van der Waals surface area contributed by atoms with Crippen molar-refractivity contribution < 1.29 is 50.1 Å². The highest BCUT2D eigenvalue weighted by molar-refractivity contribution is 7.17. The van der Waals surface area contributed by atoms with E-state index in [4.69, 9.17) is 4.74 Å². The molecule has 15 heteroatoms. The molecular formula is C30H25F6N3O5S. The van der Waals surface area contributed by atoms with Crippen LogP contribution in [0.4, 0.5) is 36.3 Å². The number of ether oxygens (including phenoxy) is 3. The number of anilines is 1. The second kappa shape index (κ2) is 13.5. The Morgan fingerprint density at radius 1 is 0.822 bits per heavy atom. The number of urea groups is 1. The Kier molecular flexibility index (Phi) is 9.91. The summed E-state index contributed by atoms with van der Waals surface area (Å²) < 4.78 is 92.3. The Hall–Kier alpha value is -4.79. The van der Waals surface area contributed by atoms with E-state index < -0.39 is 41.8 Å². The van der Waals surface area contributed by atoms with E-state index in [1.54, 1.807) is 37.3 Å². The first-order chi connectivity index (χ1) is 21.2. The van der Waals surface area contributed by atoms with Crippen molar-refractivity contribution in [2.45, 2.75) is 38.5 Å². The highest BCUT2D eigenvalue weighted by Gasteiger charge is 2.39. The summed E-state index contributed by atoms with van der Waals surface area (Å²) in [6.45, 7) is 3.26. The van der Waals surface area contributed by atoms with Crippen LogP contribution in [0.1, 0.15) is 39.0 Å². The number of benzene rings is 3. The molecule has 4 rings (SSSR count). The molecule has 4 aromatic rings. The largest absolute Gasteiger partial charge is 0.573 e. The van der Waals surface area contributed by atoms with Gasteiger partial charge in [0.1, 0.15) is 16.4 Å². The Labute approximate surface area is 257 Å². The zero-order chi connectivity index (χ0) is 32.8. The molecule has 0 aliphatic carbocycles. The molecule has 238 valence electrons. The van der Waals surface area contributed by atoms with E-state index in [1.165, 1.54) is 31.2 Å². The quantitative estimate of drug-likeness (QED) is 0.134. The fourth-order valence-corrected chi connectivity index (χ4v) is 5.39. The first-order valence-electron chi connectivity index (χ1n) is 13.2. The molecule has 1 aromatic heterocycles. The lowest BCUT2D eigenvalue weighted by atomic mass is 9.77. The van der Waals surface area contributed by atoms with Crippen LogP contribution in [0, 0.1) is 6.92 Å². The topological polar surface area (TPSA) is 98.8 Å². The maximum atomic E-state index is 13.6. The third kappa shape index (κ3) is 8.88. The Morgan fingerprint density at radius 2 is 1.38 bits per heavy atom. The van der Waals surface area contributed by atoms with Crippen LogP contribution in [0.5, 0.6) is 11.5 Å². The van der Waals surface area contributed by atoms with Crippen molar-refractivity contribution in [3.8, 4) is 11.5 Å². The van der Waals surface area contributed by atoms with Crippen LogP contribution in [-0.2, 0) is 16.7 Å². The van der Waals surface area contributed by atoms with Gasteiger partial charge in [0.2, 0.25) is 0 Å². The highest BCUT2D eigenvalue weighted by atomic mass is 32.1. The zero-order valence-electron chi connectivity index (χ0n) is 23.6. The van der Waals surface area contributed by atoms with Crippen molar-refractivity contribution in [2.75, 3.05) is 11.9 Å². The summed E-state index contributed by atoms with van der Waals surface area (Å²) in [5.41, 5.74) is -0.891. The van der Waals surface area contributed by atoms with Crippen LogP contribution < -0.4 is 20.1 Å². The number of rotatable bonds is 10. The third-order valence-electron chi connectivity index (χ3n) is 6.24. The molecule has 0 radical (unpaired) electrons. The molecule has 0 bridgehead atoms. The summed E-state index contributed by atoms with van der Waals surface area (Å²) in [6, 6.07) is 16.9. The van der Waals surface area contributed by atoms with Gasteiger partial charge >= 0.3 is 24.7 Å². The van der Waals surface area contributed by atoms with Crippen LogP contribution in [0.25, 0.3) is 0 Å². The number of hydrogen-bond donors (Lipinski definition) is 2. The van der Waals surface area contributed by atoms with Gasteiger partial charge < -0.3 is 19.5 Å². The number of aromatic nitrogens is 1. The van der Waals surface area contributed by atoms with E-state index in [-0.39, 0.29) is 39.9 Å². The third-order valence-corrected chi connectivity index (χ3v) is 7.29. The maximum Gasteiger partial charge on any atom is 0.573 e. The number of esters is 1. The van der Waals surface area contributed by atoms with E-state index in [0.717, 1.165) is 35.6 Å². The number of carbonyl (C=O) groups excluding carboxylic acids is 2. The molecule has 0 saturated carbocycles. The Bertz CT molecular complexity index is 1580. The van der Waals surface area contributed by atoms with Gasteiger partial charge in [0.25, 0.3) is 0 Å². The van der Waals surface area contributed by atoms with Gasteiger partial charge in [-0.25, -0.2) is 14.6 Å². The molecule has 45 heavy (non-hydrogen) atoms. The number of halogens is 6. The van der Waals surface area contributed by atoms with Crippen LogP contribution >= 0.6 is 11.3 Å². The lowest BCUT2D eigenvalue weighted by molar-refractivity contribution is -0.275. The van der Waals surface area contributed by atoms with Crippen molar-refractivity contribution in [1.82, 2.24) is 10.3 Å². The lowest BCUT2D eigenvalue weighted by Gasteiger charge is -2.37. The summed E-state index contributed by atoms with van der Waals surface area (Å²) in [7, 11) is 0. The smallest absolute Gasteiger partial charge is 0.462 e. The van der Waals surface area contributed by atoms with Crippen LogP contribution in [0.3, 0.4) is 0 Å². The normalized spacial score (nSPS) is 11.9. The summed E-state index contributed by atoms with van der Waals surface area (Å²) in [4.78, 5) is 30.2. The number of nitrogens with zero attached hydrogens (tertiary/aromatic N) is 1. The van der Waals surface area contributed by atoms with Crippen molar-refractivity contribution in [2.24, 2.45) is 0 Å². The van der Waals surface area contributed by atoms with Gasteiger partial charge in [0.15, 0.2) is 5.13 Å². The highest BCUT2D eigenvalue weighted by Crippen LogP contribution is 2.38. The van der Waals surface area contributed by atoms with Gasteiger partial charge in [0, 0.05) is 6.42 Å². The Balaban J connectivity index is 1.85. The first-order valence-corrected chi connectivity index (χ1v) is 14.0. The second-order valence-electron chi connectivity index (χ2n) is 9.45. The molecule has 0 atom stereocenters. The number of nitrogens with one attached hydrogen (secondary N) is 2.